The Morgan fingerprint density at radius 1 is 0.581 bits per heavy atom. The number of hydrogen-bond donors (Lipinski definition) is 0. The zero-order chi connectivity index (χ0) is 28.4. The molecule has 0 unspecified atom stereocenters. The second-order valence-corrected chi connectivity index (χ2v) is 11.8. The van der Waals surface area contributed by atoms with Gasteiger partial charge in [-0.05, 0) is 40.9 Å². The molecule has 0 radical (unpaired) electrons. The molecule has 0 aliphatic rings. The van der Waals surface area contributed by atoms with E-state index in [1.807, 2.05) is 36.4 Å². The predicted octanol–water partition coefficient (Wildman–Crippen LogP) is 9.23. The summed E-state index contributed by atoms with van der Waals surface area (Å²) in [7, 11) is 0. The first-order valence-corrected chi connectivity index (χ1v) is 14.3. The molecule has 4 aromatic carbocycles. The van der Waals surface area contributed by atoms with Gasteiger partial charge in [-0.25, -0.2) is 4.98 Å². The van der Waals surface area contributed by atoms with Gasteiger partial charge in [0.25, 0.3) is 0 Å². The van der Waals surface area contributed by atoms with Crippen molar-refractivity contribution in [2.75, 3.05) is 0 Å². The molecular weight excluding hydrogens is 708 g/mol. The maximum Gasteiger partial charge on any atom is 2.00 e. The molecule has 8 aromatic rings. The minimum absolute atomic E-state index is 0. The summed E-state index contributed by atoms with van der Waals surface area (Å²) < 4.78 is 4.44. The van der Waals surface area contributed by atoms with E-state index in [0.717, 1.165) is 61.2 Å². The van der Waals surface area contributed by atoms with Crippen LogP contribution >= 0.6 is 0 Å². The third-order valence-electron chi connectivity index (χ3n) is 8.10. The van der Waals surface area contributed by atoms with Gasteiger partial charge in [-0.3, -0.25) is 9.55 Å². The first-order valence-electron chi connectivity index (χ1n) is 14.3. The van der Waals surface area contributed by atoms with Crippen LogP contribution in [-0.4, -0.2) is 19.1 Å². The molecule has 0 N–H and O–H groups in total. The Morgan fingerprint density at radius 2 is 1.19 bits per heavy atom. The van der Waals surface area contributed by atoms with Gasteiger partial charge in [-0.2, -0.15) is 24.3 Å². The summed E-state index contributed by atoms with van der Waals surface area (Å²) in [5.41, 5.74) is 7.95. The quantitative estimate of drug-likeness (QED) is 0.170. The molecule has 210 valence electrons. The Hall–Kier alpha value is -4.53. The number of fused-ring (bicyclic) bond motifs is 6. The fourth-order valence-corrected chi connectivity index (χ4v) is 6.01. The molecule has 0 saturated carbocycles. The third-order valence-corrected chi connectivity index (χ3v) is 8.10. The van der Waals surface area contributed by atoms with Gasteiger partial charge in [-0.15, -0.1) is 42.0 Å². The van der Waals surface area contributed by atoms with Gasteiger partial charge < -0.3 is 4.57 Å². The van der Waals surface area contributed by atoms with Gasteiger partial charge in [0, 0.05) is 21.5 Å². The van der Waals surface area contributed by atoms with Gasteiger partial charge in [-0.1, -0.05) is 68.9 Å². The van der Waals surface area contributed by atoms with Crippen molar-refractivity contribution in [1.82, 2.24) is 19.1 Å². The van der Waals surface area contributed by atoms with Crippen molar-refractivity contribution in [2.45, 2.75) is 26.2 Å². The van der Waals surface area contributed by atoms with Crippen LogP contribution in [0.25, 0.3) is 66.6 Å². The molecule has 43 heavy (non-hydrogen) atoms. The molecule has 4 heterocycles. The molecule has 0 spiro atoms. The van der Waals surface area contributed by atoms with Gasteiger partial charge in [0.2, 0.25) is 0 Å². The Labute approximate surface area is 264 Å². The van der Waals surface area contributed by atoms with Crippen LogP contribution in [0, 0.1) is 12.1 Å². The van der Waals surface area contributed by atoms with Crippen molar-refractivity contribution in [3.8, 4) is 22.8 Å². The van der Waals surface area contributed by atoms with Gasteiger partial charge in [0.05, 0.1) is 11.0 Å². The van der Waals surface area contributed by atoms with Crippen LogP contribution in [0.2, 0.25) is 0 Å². The van der Waals surface area contributed by atoms with E-state index in [-0.39, 0.29) is 26.5 Å². The average Bonchev–Trinajstić information content (AvgIpc) is 3.52. The van der Waals surface area contributed by atoms with Crippen molar-refractivity contribution < 1.29 is 21.1 Å². The fraction of sp³-hybridized carbons (Fsp3) is 0.105. The molecule has 4 aromatic heterocycles. The number of hydrogen-bond acceptors (Lipinski definition) is 2. The van der Waals surface area contributed by atoms with E-state index in [1.54, 1.807) is 0 Å². The molecule has 0 fully saturated rings. The van der Waals surface area contributed by atoms with E-state index in [2.05, 4.69) is 121 Å². The number of para-hydroxylation sites is 3. The Morgan fingerprint density at radius 3 is 1.81 bits per heavy atom. The zero-order valence-corrected chi connectivity index (χ0v) is 26.3. The summed E-state index contributed by atoms with van der Waals surface area (Å²) in [5.74, 6) is 0.849. The molecule has 0 saturated heterocycles. The van der Waals surface area contributed by atoms with E-state index >= 15 is 0 Å². The number of rotatable bonds is 3. The second-order valence-electron chi connectivity index (χ2n) is 11.8. The number of pyridine rings is 2. The molecule has 0 bridgehead atoms. The summed E-state index contributed by atoms with van der Waals surface area (Å²) in [6.45, 7) is 6.73. The van der Waals surface area contributed by atoms with Crippen LogP contribution in [0.5, 0.6) is 0 Å². The Bertz CT molecular complexity index is 2270. The zero-order valence-electron chi connectivity index (χ0n) is 24.1. The molecule has 0 atom stereocenters. The maximum atomic E-state index is 5.46. The summed E-state index contributed by atoms with van der Waals surface area (Å²) >= 11 is 0. The van der Waals surface area contributed by atoms with E-state index < -0.39 is 0 Å². The summed E-state index contributed by atoms with van der Waals surface area (Å²) in [5, 5.41) is 4.55. The van der Waals surface area contributed by atoms with Crippen LogP contribution in [0.15, 0.2) is 115 Å². The summed E-state index contributed by atoms with van der Waals surface area (Å²) in [6.07, 6.45) is 0. The van der Waals surface area contributed by atoms with Crippen LogP contribution in [0.4, 0.5) is 0 Å². The van der Waals surface area contributed by atoms with E-state index in [9.17, 15) is 0 Å². The van der Waals surface area contributed by atoms with E-state index in [1.165, 1.54) is 10.9 Å². The smallest absolute Gasteiger partial charge is 0.318 e. The number of benzene rings is 4. The van der Waals surface area contributed by atoms with Crippen molar-refractivity contribution in [3.05, 3.63) is 133 Å². The third kappa shape index (κ3) is 4.40. The molecule has 0 amide bonds. The minimum atomic E-state index is -0.0732. The van der Waals surface area contributed by atoms with Crippen molar-refractivity contribution in [1.29, 1.82) is 0 Å². The fourth-order valence-electron chi connectivity index (χ4n) is 6.01. The Balaban J connectivity index is 0.00000300. The first-order chi connectivity index (χ1) is 20.5. The van der Waals surface area contributed by atoms with Crippen LogP contribution in [0.3, 0.4) is 0 Å². The Kier molecular flexibility index (Phi) is 6.56. The van der Waals surface area contributed by atoms with Gasteiger partial charge in [0.1, 0.15) is 17.1 Å². The maximum absolute atomic E-state index is 5.46. The largest absolute Gasteiger partial charge is 2.00 e. The average molecular weight is 736 g/mol. The van der Waals surface area contributed by atoms with Crippen molar-refractivity contribution in [2.24, 2.45) is 0 Å². The molecular formula is C38H28N4Pt. The van der Waals surface area contributed by atoms with Crippen LogP contribution < -0.4 is 0 Å². The molecule has 0 aliphatic carbocycles. The summed E-state index contributed by atoms with van der Waals surface area (Å²) in [6, 6.07) is 46.7. The minimum Gasteiger partial charge on any atom is -0.318 e. The van der Waals surface area contributed by atoms with Crippen LogP contribution in [0.1, 0.15) is 26.3 Å². The topological polar surface area (TPSA) is 35.6 Å². The molecule has 0 aliphatic heterocycles. The monoisotopic (exact) mass is 735 g/mol. The molecule has 4 nitrogen and oxygen atoms in total. The van der Waals surface area contributed by atoms with E-state index in [4.69, 9.17) is 9.97 Å². The standard InChI is InChI=1S/C38H28N4.Pt/c1-38(2,3)26-22-32(25-14-6-4-7-15-25)39-35(23-26)42-34-21-13-11-19-29(34)31-24-30-28-18-10-12-20-33(28)41(36(30)40-37(31)42)27-16-8-5-9-17-27;/h4-14,16,18-24H,1-3H3;/q-2;+2. The van der Waals surface area contributed by atoms with E-state index in [0.29, 0.717) is 0 Å². The van der Waals surface area contributed by atoms with Crippen molar-refractivity contribution in [3.63, 3.8) is 0 Å². The van der Waals surface area contributed by atoms with Crippen LogP contribution in [-0.2, 0) is 26.5 Å². The molecule has 8 rings (SSSR count). The number of nitrogens with zero attached hydrogens (tertiary/aromatic N) is 4. The second kappa shape index (κ2) is 10.3. The molecule has 5 heteroatoms. The van der Waals surface area contributed by atoms with Gasteiger partial charge in [0.15, 0.2) is 0 Å². The first kappa shape index (κ1) is 27.3. The van der Waals surface area contributed by atoms with Gasteiger partial charge >= 0.3 is 21.1 Å². The SMILES string of the molecule is CC(C)(C)c1cc(-c2[c-]cccc2)nc(-n2c3ccccc3c3cc4c5ccccc5n(-c5[c-]cccc5)c4nc32)c1.[Pt+2]. The number of aromatic nitrogens is 4. The van der Waals surface area contributed by atoms with Crippen molar-refractivity contribution >= 4 is 43.9 Å². The predicted molar refractivity (Wildman–Crippen MR) is 173 cm³/mol. The normalized spacial score (nSPS) is 11.9. The summed E-state index contributed by atoms with van der Waals surface area (Å²) in [4.78, 5) is 10.7.